The quantitative estimate of drug-likeness (QED) is 0.578. The Kier molecular flexibility index (Phi) is 4.15. The number of fused-ring (bicyclic) bond motifs is 2. The topological polar surface area (TPSA) is 88.1 Å². The summed E-state index contributed by atoms with van der Waals surface area (Å²) in [5.41, 5.74) is 1.69. The van der Waals surface area contributed by atoms with E-state index in [1.807, 2.05) is 0 Å². The van der Waals surface area contributed by atoms with Crippen molar-refractivity contribution in [3.63, 3.8) is 0 Å². The molecule has 0 spiro atoms. The molecule has 0 fully saturated rings. The molecule has 0 saturated heterocycles. The van der Waals surface area contributed by atoms with Crippen LogP contribution in [0, 0.1) is 0 Å². The Morgan fingerprint density at radius 3 is 1.69 bits per heavy atom. The zero-order chi connectivity index (χ0) is 18.3. The number of esters is 2. The molecule has 2 unspecified atom stereocenters. The zero-order valence-electron chi connectivity index (χ0n) is 13.8. The normalized spacial score (nSPS) is 23.0. The third-order valence-corrected chi connectivity index (χ3v) is 6.00. The molecule has 0 aliphatic carbocycles. The van der Waals surface area contributed by atoms with Crippen molar-refractivity contribution in [2.75, 3.05) is 6.16 Å². The van der Waals surface area contributed by atoms with Gasteiger partial charge in [0.25, 0.3) is 0 Å². The van der Waals surface area contributed by atoms with Crippen LogP contribution in [0.5, 0.6) is 0 Å². The number of hydrogen-bond acceptors (Lipinski definition) is 7. The van der Waals surface area contributed by atoms with Gasteiger partial charge < -0.3 is 9.47 Å². The van der Waals surface area contributed by atoms with Gasteiger partial charge in [-0.1, -0.05) is 43.3 Å². The number of hydrogen-bond donors (Lipinski definition) is 0. The van der Waals surface area contributed by atoms with Crippen molar-refractivity contribution in [1.29, 1.82) is 0 Å². The second-order valence-corrected chi connectivity index (χ2v) is 8.06. The predicted octanol–water partition coefficient (Wildman–Crippen LogP) is 3.97. The van der Waals surface area contributed by atoms with E-state index in [9.17, 15) is 14.2 Å². The molecule has 0 amide bonds. The van der Waals surface area contributed by atoms with E-state index in [0.29, 0.717) is 22.3 Å². The maximum atomic E-state index is 13.1. The highest BCUT2D eigenvalue weighted by Crippen LogP contribution is 2.57. The van der Waals surface area contributed by atoms with Gasteiger partial charge in [0.05, 0.1) is 11.1 Å². The zero-order valence-corrected chi connectivity index (χ0v) is 14.7. The van der Waals surface area contributed by atoms with E-state index in [4.69, 9.17) is 18.5 Å². The fourth-order valence-corrected chi connectivity index (χ4v) is 4.09. The van der Waals surface area contributed by atoms with Crippen molar-refractivity contribution in [1.82, 2.24) is 0 Å². The first-order valence-corrected chi connectivity index (χ1v) is 9.79. The van der Waals surface area contributed by atoms with Gasteiger partial charge in [0, 0.05) is 17.3 Å². The Morgan fingerprint density at radius 1 is 0.846 bits per heavy atom. The van der Waals surface area contributed by atoms with Gasteiger partial charge in [-0.2, -0.15) is 0 Å². The third kappa shape index (κ3) is 2.84. The fraction of sp³-hybridized carbons (Fsp3) is 0.222. The molecule has 134 valence electrons. The molecule has 2 heterocycles. The van der Waals surface area contributed by atoms with Crippen molar-refractivity contribution >= 4 is 19.5 Å². The van der Waals surface area contributed by atoms with E-state index in [0.717, 1.165) is 0 Å². The summed E-state index contributed by atoms with van der Waals surface area (Å²) in [4.78, 5) is 23.8. The van der Waals surface area contributed by atoms with Gasteiger partial charge in [-0.15, -0.1) is 0 Å². The summed E-state index contributed by atoms with van der Waals surface area (Å²) in [7, 11) is -3.72. The summed E-state index contributed by atoms with van der Waals surface area (Å²) in [5.74, 6) is -1.10. The predicted molar refractivity (Wildman–Crippen MR) is 89.5 cm³/mol. The third-order valence-electron chi connectivity index (χ3n) is 4.20. The molecular weight excluding hydrogens is 359 g/mol. The van der Waals surface area contributed by atoms with Gasteiger partial charge in [-0.3, -0.25) is 13.6 Å². The maximum absolute atomic E-state index is 13.1. The Bertz CT molecular complexity index is 867. The lowest BCUT2D eigenvalue weighted by Crippen LogP contribution is -2.09. The van der Waals surface area contributed by atoms with Crippen molar-refractivity contribution in [2.45, 2.75) is 19.5 Å². The van der Waals surface area contributed by atoms with E-state index in [1.54, 1.807) is 55.5 Å². The molecule has 4 rings (SSSR count). The van der Waals surface area contributed by atoms with Crippen LogP contribution in [-0.4, -0.2) is 18.1 Å². The smallest absolute Gasteiger partial charge is 0.341 e. The largest absolute Gasteiger partial charge is 0.427 e. The van der Waals surface area contributed by atoms with Crippen molar-refractivity contribution in [3.05, 3.63) is 70.8 Å². The fourth-order valence-electron chi connectivity index (χ4n) is 2.85. The number of benzene rings is 2. The lowest BCUT2D eigenvalue weighted by molar-refractivity contribution is -0.0753. The summed E-state index contributed by atoms with van der Waals surface area (Å²) < 4.78 is 34.5. The molecular formula is C18H15O7P. The average molecular weight is 374 g/mol. The SMILES string of the molecule is CCP(=O)(OC1OC(=O)c2ccccc21)OC1OC(=O)c2ccccc21. The maximum Gasteiger partial charge on any atom is 0.341 e. The molecule has 2 aromatic carbocycles. The Hall–Kier alpha value is -2.47. The first-order chi connectivity index (χ1) is 12.5. The molecule has 7 nitrogen and oxygen atoms in total. The Morgan fingerprint density at radius 2 is 1.27 bits per heavy atom. The lowest BCUT2D eigenvalue weighted by atomic mass is 10.1. The summed E-state index contributed by atoms with van der Waals surface area (Å²) in [6.45, 7) is 1.62. The van der Waals surface area contributed by atoms with E-state index < -0.39 is 32.1 Å². The second kappa shape index (κ2) is 6.36. The van der Waals surface area contributed by atoms with E-state index in [-0.39, 0.29) is 6.16 Å². The average Bonchev–Trinajstić information content (AvgIpc) is 3.13. The first kappa shape index (κ1) is 17.0. The summed E-state index contributed by atoms with van der Waals surface area (Å²) in [6, 6.07) is 13.4. The van der Waals surface area contributed by atoms with Gasteiger partial charge in [-0.25, -0.2) is 9.59 Å². The van der Waals surface area contributed by atoms with Crippen molar-refractivity contribution < 1.29 is 32.7 Å². The minimum Gasteiger partial charge on any atom is -0.427 e. The van der Waals surface area contributed by atoms with Crippen LogP contribution in [-0.2, 0) is 23.1 Å². The van der Waals surface area contributed by atoms with Gasteiger partial charge >= 0.3 is 19.5 Å². The summed E-state index contributed by atoms with van der Waals surface area (Å²) >= 11 is 0. The highest BCUT2D eigenvalue weighted by molar-refractivity contribution is 7.53. The van der Waals surface area contributed by atoms with Gasteiger partial charge in [0.1, 0.15) is 0 Å². The number of cyclic esters (lactones) is 2. The van der Waals surface area contributed by atoms with Crippen LogP contribution >= 0.6 is 7.60 Å². The highest BCUT2D eigenvalue weighted by Gasteiger charge is 2.42. The minimum atomic E-state index is -3.72. The summed E-state index contributed by atoms with van der Waals surface area (Å²) in [5, 5.41) is 0. The van der Waals surface area contributed by atoms with Crippen molar-refractivity contribution in [3.8, 4) is 0 Å². The molecule has 2 aromatic rings. The molecule has 0 N–H and O–H groups in total. The first-order valence-electron chi connectivity index (χ1n) is 8.06. The molecule has 2 aliphatic heterocycles. The van der Waals surface area contributed by atoms with Crippen LogP contribution in [0.2, 0.25) is 0 Å². The van der Waals surface area contributed by atoms with Crippen LogP contribution in [0.1, 0.15) is 51.3 Å². The van der Waals surface area contributed by atoms with E-state index >= 15 is 0 Å². The van der Waals surface area contributed by atoms with E-state index in [1.165, 1.54) is 0 Å². The van der Waals surface area contributed by atoms with Crippen molar-refractivity contribution in [2.24, 2.45) is 0 Å². The number of carbonyl (C=O) groups excluding carboxylic acids is 2. The Balaban J connectivity index is 1.57. The standard InChI is InChI=1S/C18H15O7P/c1-2-26(21,24-17-13-9-5-3-7-11(13)15(19)22-17)25-18-14-10-6-4-8-12(14)16(20)23-18/h3-10,17-18H,2H2,1H3. The van der Waals surface area contributed by atoms with Crippen LogP contribution in [0.4, 0.5) is 0 Å². The molecule has 2 aliphatic rings. The molecule has 0 saturated carbocycles. The van der Waals surface area contributed by atoms with Gasteiger partial charge in [-0.05, 0) is 12.1 Å². The van der Waals surface area contributed by atoms with Crippen LogP contribution in [0.25, 0.3) is 0 Å². The number of carbonyl (C=O) groups is 2. The number of ether oxygens (including phenoxy) is 2. The molecule has 26 heavy (non-hydrogen) atoms. The second-order valence-electron chi connectivity index (χ2n) is 5.79. The summed E-state index contributed by atoms with van der Waals surface area (Å²) in [6.07, 6.45) is -2.24. The molecule has 0 bridgehead atoms. The minimum absolute atomic E-state index is 0.0133. The molecule has 0 radical (unpaired) electrons. The monoisotopic (exact) mass is 374 g/mol. The van der Waals surface area contributed by atoms with Crippen LogP contribution < -0.4 is 0 Å². The van der Waals surface area contributed by atoms with E-state index in [2.05, 4.69) is 0 Å². The van der Waals surface area contributed by atoms with Gasteiger partial charge in [0.15, 0.2) is 0 Å². The molecule has 2 atom stereocenters. The Labute approximate surface area is 149 Å². The lowest BCUT2D eigenvalue weighted by Gasteiger charge is -2.23. The van der Waals surface area contributed by atoms with Gasteiger partial charge in [0.2, 0.25) is 12.6 Å². The molecule has 8 heteroatoms. The van der Waals surface area contributed by atoms with Crippen LogP contribution in [0.15, 0.2) is 48.5 Å². The van der Waals surface area contributed by atoms with Crippen LogP contribution in [0.3, 0.4) is 0 Å². The highest BCUT2D eigenvalue weighted by atomic mass is 31.2. The number of rotatable bonds is 5. The molecule has 0 aromatic heterocycles.